The van der Waals surface area contributed by atoms with Gasteiger partial charge in [0, 0.05) is 12.6 Å². The Kier molecular flexibility index (Phi) is 11.2. The first-order valence-electron chi connectivity index (χ1n) is 20.7. The van der Waals surface area contributed by atoms with E-state index in [0.717, 1.165) is 82.7 Å². The Bertz CT molecular complexity index is 2230. The fourth-order valence-electron chi connectivity index (χ4n) is 9.55. The lowest BCUT2D eigenvalue weighted by molar-refractivity contribution is -0.139. The second-order valence-electron chi connectivity index (χ2n) is 16.9. The predicted octanol–water partition coefficient (Wildman–Crippen LogP) is 6.64. The number of nitrogens with zero attached hydrogens (tertiary/aromatic N) is 4. The average Bonchev–Trinajstić information content (AvgIpc) is 4.09. The maximum absolute atomic E-state index is 14.0. The number of nitrogens with one attached hydrogen (secondary N) is 4. The van der Waals surface area contributed by atoms with Crippen molar-refractivity contribution in [3.05, 3.63) is 71.6 Å². The highest BCUT2D eigenvalue weighted by Gasteiger charge is 2.51. The molecule has 2 aromatic carbocycles. The van der Waals surface area contributed by atoms with Crippen molar-refractivity contribution >= 4 is 24.0 Å². The van der Waals surface area contributed by atoms with E-state index >= 15 is 0 Å². The Hall–Kier alpha value is -5.70. The van der Waals surface area contributed by atoms with Gasteiger partial charge in [-0.05, 0) is 95.4 Å². The number of carbonyl (C=O) groups is 4. The Morgan fingerprint density at radius 1 is 0.763 bits per heavy atom. The van der Waals surface area contributed by atoms with Gasteiger partial charge >= 0.3 is 12.2 Å². The lowest BCUT2D eigenvalue weighted by atomic mass is 9.93. The molecule has 0 spiro atoms. The van der Waals surface area contributed by atoms with Gasteiger partial charge in [0.05, 0.1) is 63.3 Å². The van der Waals surface area contributed by atoms with Crippen molar-refractivity contribution in [3.8, 4) is 33.6 Å². The number of rotatable bonds is 10. The summed E-state index contributed by atoms with van der Waals surface area (Å²) in [5, 5.41) is 5.47. The molecule has 4 aliphatic rings. The predicted molar refractivity (Wildman–Crippen MR) is 218 cm³/mol. The van der Waals surface area contributed by atoms with Crippen LogP contribution in [0, 0.1) is 17.8 Å². The number of carbonyl (C=O) groups excluding carboxylic acids is 4. The fourth-order valence-corrected chi connectivity index (χ4v) is 9.55. The number of H-pyrrole nitrogens is 2. The number of imidazole rings is 2. The summed E-state index contributed by atoms with van der Waals surface area (Å²) in [7, 11) is 2.60. The molecule has 8 rings (SSSR count). The number of piperidine rings is 1. The van der Waals surface area contributed by atoms with Gasteiger partial charge in [-0.2, -0.15) is 0 Å². The van der Waals surface area contributed by atoms with Crippen LogP contribution < -0.4 is 10.6 Å². The number of hydrogen-bond acceptors (Lipinski definition) is 9. The summed E-state index contributed by atoms with van der Waals surface area (Å²) in [5.74, 6) is 1.30. The maximum Gasteiger partial charge on any atom is 0.407 e. The number of aromatic nitrogens is 4. The molecule has 5 heterocycles. The quantitative estimate of drug-likeness (QED) is 0.136. The first kappa shape index (κ1) is 40.1. The topological polar surface area (TPSA) is 184 Å². The van der Waals surface area contributed by atoms with E-state index in [1.54, 1.807) is 0 Å². The number of likely N-dealkylation sites (tertiary alicyclic amines) is 2. The first-order chi connectivity index (χ1) is 28.4. The molecule has 0 radical (unpaired) electrons. The summed E-state index contributed by atoms with van der Waals surface area (Å²) in [4.78, 5) is 72.2. The van der Waals surface area contributed by atoms with Crippen LogP contribution in [0.25, 0.3) is 33.6 Å². The number of ether oxygens (including phenoxy) is 3. The molecule has 2 bridgehead atoms. The molecule has 4 aromatic rings. The Morgan fingerprint density at radius 2 is 1.32 bits per heavy atom. The smallest absolute Gasteiger partial charge is 0.407 e. The molecule has 1 saturated carbocycles. The molecule has 1 aliphatic carbocycles. The third-order valence-electron chi connectivity index (χ3n) is 12.6. The van der Waals surface area contributed by atoms with Crippen molar-refractivity contribution in [1.82, 2.24) is 40.4 Å². The zero-order valence-electron chi connectivity index (χ0n) is 34.5. The van der Waals surface area contributed by atoms with Crippen LogP contribution in [0.3, 0.4) is 0 Å². The van der Waals surface area contributed by atoms with E-state index in [2.05, 4.69) is 57.0 Å². The van der Waals surface area contributed by atoms with Crippen LogP contribution in [0.4, 0.5) is 9.59 Å². The Morgan fingerprint density at radius 3 is 1.90 bits per heavy atom. The summed E-state index contributed by atoms with van der Waals surface area (Å²) < 4.78 is 15.9. The van der Waals surface area contributed by atoms with Crippen LogP contribution in [0.1, 0.15) is 94.7 Å². The van der Waals surface area contributed by atoms with Crippen molar-refractivity contribution < 1.29 is 33.4 Å². The Balaban J connectivity index is 0.998. The van der Waals surface area contributed by atoms with E-state index in [0.29, 0.717) is 31.5 Å². The van der Waals surface area contributed by atoms with Crippen molar-refractivity contribution in [2.75, 3.05) is 20.8 Å². The van der Waals surface area contributed by atoms with Gasteiger partial charge in [0.1, 0.15) is 23.7 Å². The van der Waals surface area contributed by atoms with Crippen LogP contribution in [0.15, 0.2) is 48.8 Å². The van der Waals surface area contributed by atoms with Gasteiger partial charge in [-0.25, -0.2) is 19.6 Å². The molecule has 2 aromatic heterocycles. The molecule has 2 saturated heterocycles. The van der Waals surface area contributed by atoms with Crippen LogP contribution in [-0.4, -0.2) is 92.6 Å². The number of fused-ring (bicyclic) bond motifs is 5. The summed E-state index contributed by atoms with van der Waals surface area (Å²) in [6.07, 6.45) is 6.92. The molecular weight excluding hydrogens is 753 g/mol. The SMILES string of the molecule is COC(=O)N[C@H](C(=O)N1CCC[C@H]1c1ncc(-c2ccc3c(c2)COCc2cc(-c4cnc([C@@H]5[C@@H]6CC[C@H](C6)N5C(=O)[C@@H](NC(=O)OC)C(C)C)[nH]4)ccc2-3)[nH]1)C(C)C. The van der Waals surface area contributed by atoms with Crippen LogP contribution in [0.2, 0.25) is 0 Å². The third kappa shape index (κ3) is 7.68. The van der Waals surface area contributed by atoms with Crippen molar-refractivity contribution in [2.24, 2.45) is 17.8 Å². The zero-order valence-corrected chi connectivity index (χ0v) is 34.5. The van der Waals surface area contributed by atoms with Crippen LogP contribution >= 0.6 is 0 Å². The van der Waals surface area contributed by atoms with Gasteiger partial charge in [-0.3, -0.25) is 9.59 Å². The zero-order chi connectivity index (χ0) is 41.5. The number of methoxy groups -OCH3 is 2. The molecular formula is C44H54N8O7. The summed E-state index contributed by atoms with van der Waals surface area (Å²) in [6, 6.07) is 11.0. The van der Waals surface area contributed by atoms with E-state index in [-0.39, 0.29) is 41.8 Å². The van der Waals surface area contributed by atoms with Crippen LogP contribution in [0.5, 0.6) is 0 Å². The maximum atomic E-state index is 14.0. The monoisotopic (exact) mass is 806 g/mol. The van der Waals surface area contributed by atoms with Crippen molar-refractivity contribution in [1.29, 1.82) is 0 Å². The molecule has 3 fully saturated rings. The summed E-state index contributed by atoms with van der Waals surface area (Å²) in [6.45, 7) is 9.12. The average molecular weight is 807 g/mol. The molecule has 3 aliphatic heterocycles. The largest absolute Gasteiger partial charge is 0.453 e. The number of benzene rings is 2. The number of amides is 4. The summed E-state index contributed by atoms with van der Waals surface area (Å²) >= 11 is 0. The van der Waals surface area contributed by atoms with E-state index in [1.165, 1.54) is 14.2 Å². The highest BCUT2D eigenvalue weighted by Crippen LogP contribution is 2.50. The third-order valence-corrected chi connectivity index (χ3v) is 12.6. The van der Waals surface area contributed by atoms with Gasteiger partial charge in [0.2, 0.25) is 11.8 Å². The standard InChI is InChI=1S/C44H54N8O7/c1-23(2)36(49-43(55)57-5)41(53)51-15-7-8-35(51)39-45-19-33(47-39)25-10-13-31-28(16-25)21-59-22-29-17-26(11-14-32(29)31)34-20-46-40(48-34)38-27-9-12-30(18-27)52(38)42(54)37(24(3)4)50-44(56)58-6/h10-11,13-14,16-17,19-20,23-24,27,30,35-38H,7-9,12,15,18,21-22H2,1-6H3,(H,45,47)(H,46,48)(H,49,55)(H,50,56)/t27-,30-,35+,36+,37+,38+/m1/s1. The van der Waals surface area contributed by atoms with Gasteiger partial charge in [0.15, 0.2) is 0 Å². The second kappa shape index (κ2) is 16.5. The number of aromatic amines is 2. The van der Waals surface area contributed by atoms with Crippen LogP contribution in [-0.2, 0) is 37.0 Å². The highest BCUT2D eigenvalue weighted by molar-refractivity contribution is 5.87. The minimum absolute atomic E-state index is 0.101. The summed E-state index contributed by atoms with van der Waals surface area (Å²) in [5.41, 5.74) is 7.97. The van der Waals surface area contributed by atoms with Gasteiger partial charge in [-0.15, -0.1) is 0 Å². The lowest BCUT2D eigenvalue weighted by Gasteiger charge is -2.37. The lowest BCUT2D eigenvalue weighted by Crippen LogP contribution is -2.54. The van der Waals surface area contributed by atoms with E-state index in [1.807, 2.05) is 49.9 Å². The molecule has 312 valence electrons. The normalized spacial score (nSPS) is 21.8. The molecule has 59 heavy (non-hydrogen) atoms. The Labute approximate surface area is 344 Å². The fraction of sp³-hybridized carbons (Fsp3) is 0.500. The molecule has 15 nitrogen and oxygen atoms in total. The number of hydrogen-bond donors (Lipinski definition) is 4. The van der Waals surface area contributed by atoms with E-state index < -0.39 is 24.3 Å². The number of alkyl carbamates (subject to hydrolysis) is 2. The minimum atomic E-state index is -0.699. The first-order valence-corrected chi connectivity index (χ1v) is 20.7. The molecule has 15 heteroatoms. The molecule has 4 amide bonds. The van der Waals surface area contributed by atoms with E-state index in [9.17, 15) is 19.2 Å². The molecule has 0 unspecified atom stereocenters. The van der Waals surface area contributed by atoms with Crippen molar-refractivity contribution in [3.63, 3.8) is 0 Å². The van der Waals surface area contributed by atoms with Gasteiger partial charge in [0.25, 0.3) is 0 Å². The van der Waals surface area contributed by atoms with Gasteiger partial charge in [-0.1, -0.05) is 52.0 Å². The highest BCUT2D eigenvalue weighted by atomic mass is 16.5. The van der Waals surface area contributed by atoms with Crippen molar-refractivity contribution in [2.45, 2.75) is 103 Å². The molecule has 6 atom stereocenters. The minimum Gasteiger partial charge on any atom is -0.453 e. The van der Waals surface area contributed by atoms with E-state index in [4.69, 9.17) is 24.2 Å². The molecule has 4 N–H and O–H groups in total. The van der Waals surface area contributed by atoms with Gasteiger partial charge < -0.3 is 44.6 Å². The second-order valence-corrected chi connectivity index (χ2v) is 16.9.